The van der Waals surface area contributed by atoms with Crippen LogP contribution < -0.4 is 0 Å². The number of carbonyl (C=O) groups excluding carboxylic acids is 1. The van der Waals surface area contributed by atoms with E-state index in [9.17, 15) is 24.9 Å². The lowest BCUT2D eigenvalue weighted by Crippen LogP contribution is -2.25. The van der Waals surface area contributed by atoms with Crippen LogP contribution in [0.15, 0.2) is 6.07 Å². The second-order valence-electron chi connectivity index (χ2n) is 4.72. The molecule has 0 aliphatic rings. The Morgan fingerprint density at radius 3 is 2.29 bits per heavy atom. The number of Topliss-reactive ketones (excluding diaryl/α,β-unsaturated/α-hetero) is 1. The molecule has 0 amide bonds. The van der Waals surface area contributed by atoms with Crippen molar-refractivity contribution in [2.45, 2.75) is 32.5 Å². The summed E-state index contributed by atoms with van der Waals surface area (Å²) in [7, 11) is 1.17. The van der Waals surface area contributed by atoms with Crippen molar-refractivity contribution in [3.63, 3.8) is 0 Å². The summed E-state index contributed by atoms with van der Waals surface area (Å²) >= 11 is 0. The molecule has 0 aliphatic carbocycles. The molecule has 0 bridgehead atoms. The predicted octanol–water partition coefficient (Wildman–Crippen LogP) is 1.13. The molecule has 0 aromatic heterocycles. The first-order valence-corrected chi connectivity index (χ1v) is 6.20. The van der Waals surface area contributed by atoms with E-state index < -0.39 is 29.7 Å². The highest BCUT2D eigenvalue weighted by Gasteiger charge is 2.28. The maximum atomic E-state index is 11.4. The quantitative estimate of drug-likeness (QED) is 0.580. The second-order valence-corrected chi connectivity index (χ2v) is 4.72. The first kappa shape index (κ1) is 16.9. The molecule has 0 saturated heterocycles. The lowest BCUT2D eigenvalue weighted by atomic mass is 9.94. The average molecular weight is 298 g/mol. The number of aryl methyl sites for hydroxylation is 1. The predicted molar refractivity (Wildman–Crippen MR) is 72.5 cm³/mol. The van der Waals surface area contributed by atoms with Gasteiger partial charge in [-0.2, -0.15) is 0 Å². The van der Waals surface area contributed by atoms with E-state index in [1.165, 1.54) is 27.0 Å². The highest BCUT2D eigenvalue weighted by molar-refractivity contribution is 5.97. The molecule has 7 nitrogen and oxygen atoms in total. The summed E-state index contributed by atoms with van der Waals surface area (Å²) < 4.78 is 4.70. The molecule has 0 fully saturated rings. The summed E-state index contributed by atoms with van der Waals surface area (Å²) in [4.78, 5) is 22.3. The molecule has 116 valence electrons. The Balaban J connectivity index is 3.28. The summed E-state index contributed by atoms with van der Waals surface area (Å²) in [5.41, 5.74) is -0.0384. The first-order valence-electron chi connectivity index (χ1n) is 6.20. The van der Waals surface area contributed by atoms with Crippen LogP contribution in [-0.4, -0.2) is 45.4 Å². The Hall–Kier alpha value is -2.12. The van der Waals surface area contributed by atoms with Gasteiger partial charge >= 0.3 is 5.97 Å². The van der Waals surface area contributed by atoms with Gasteiger partial charge in [0.15, 0.2) is 11.9 Å². The number of aliphatic hydroxyl groups is 1. The van der Waals surface area contributed by atoms with Gasteiger partial charge in [0.05, 0.1) is 17.2 Å². The fourth-order valence-corrected chi connectivity index (χ4v) is 2.03. The van der Waals surface area contributed by atoms with E-state index >= 15 is 0 Å². The van der Waals surface area contributed by atoms with Crippen LogP contribution in [0.5, 0.6) is 11.5 Å². The number of aromatic hydroxyl groups is 2. The highest BCUT2D eigenvalue weighted by atomic mass is 16.5. The Morgan fingerprint density at radius 2 is 1.86 bits per heavy atom. The van der Waals surface area contributed by atoms with Crippen molar-refractivity contribution in [3.05, 3.63) is 22.8 Å². The van der Waals surface area contributed by atoms with Gasteiger partial charge < -0.3 is 25.2 Å². The summed E-state index contributed by atoms with van der Waals surface area (Å²) in [5, 5.41) is 39.0. The Bertz CT molecular complexity index is 565. The molecule has 4 N–H and O–H groups in total. The minimum Gasteiger partial charge on any atom is -0.507 e. The van der Waals surface area contributed by atoms with E-state index in [1.807, 2.05) is 0 Å². The third-order valence-electron chi connectivity index (χ3n) is 3.21. The van der Waals surface area contributed by atoms with Crippen LogP contribution >= 0.6 is 0 Å². The number of carboxylic acid groups (broad SMARTS) is 1. The molecular formula is C14H18O7. The number of ether oxygens (including phenoxy) is 1. The maximum Gasteiger partial charge on any atom is 0.332 e. The number of phenolic OH excluding ortho intramolecular Hbond substituents is 2. The zero-order valence-electron chi connectivity index (χ0n) is 12.0. The van der Waals surface area contributed by atoms with Crippen molar-refractivity contribution in [2.75, 3.05) is 7.11 Å². The number of hydrogen-bond acceptors (Lipinski definition) is 6. The van der Waals surface area contributed by atoms with Gasteiger partial charge in [0.1, 0.15) is 11.5 Å². The second kappa shape index (κ2) is 6.55. The van der Waals surface area contributed by atoms with E-state index in [0.29, 0.717) is 0 Å². The molecule has 2 unspecified atom stereocenters. The van der Waals surface area contributed by atoms with E-state index in [1.54, 1.807) is 0 Å². The molecule has 0 saturated carbocycles. The van der Waals surface area contributed by atoms with Crippen LogP contribution in [0.2, 0.25) is 0 Å². The van der Waals surface area contributed by atoms with Gasteiger partial charge in [-0.25, -0.2) is 4.79 Å². The van der Waals surface area contributed by atoms with Gasteiger partial charge in [-0.3, -0.25) is 4.79 Å². The monoisotopic (exact) mass is 298 g/mol. The van der Waals surface area contributed by atoms with Crippen molar-refractivity contribution in [3.8, 4) is 11.5 Å². The van der Waals surface area contributed by atoms with Crippen molar-refractivity contribution in [2.24, 2.45) is 0 Å². The van der Waals surface area contributed by atoms with E-state index in [-0.39, 0.29) is 28.9 Å². The summed E-state index contributed by atoms with van der Waals surface area (Å²) in [6.45, 7) is 2.74. The number of carboxylic acids is 1. The molecule has 0 aliphatic heterocycles. The number of aliphatic hydroxyl groups excluding tert-OH is 1. The van der Waals surface area contributed by atoms with E-state index in [2.05, 4.69) is 0 Å². The Labute approximate surface area is 121 Å². The Kier molecular flexibility index (Phi) is 5.28. The molecule has 1 rings (SSSR count). The zero-order chi connectivity index (χ0) is 16.3. The smallest absolute Gasteiger partial charge is 0.332 e. The fourth-order valence-electron chi connectivity index (χ4n) is 2.03. The fraction of sp³-hybridized carbons (Fsp3) is 0.429. The number of ketones is 1. The Morgan fingerprint density at radius 1 is 1.29 bits per heavy atom. The van der Waals surface area contributed by atoms with Gasteiger partial charge in [0, 0.05) is 13.5 Å². The number of carbonyl (C=O) groups is 2. The summed E-state index contributed by atoms with van der Waals surface area (Å²) in [5.74, 6) is -2.66. The van der Waals surface area contributed by atoms with Gasteiger partial charge in [-0.1, -0.05) is 0 Å². The van der Waals surface area contributed by atoms with Crippen LogP contribution in [0.25, 0.3) is 0 Å². The number of aliphatic carboxylic acids is 1. The minimum atomic E-state index is -1.50. The van der Waals surface area contributed by atoms with E-state index in [0.717, 1.165) is 0 Å². The number of methoxy groups -OCH3 is 1. The number of benzene rings is 1. The molecule has 1 aromatic rings. The zero-order valence-corrected chi connectivity index (χ0v) is 12.0. The van der Waals surface area contributed by atoms with Gasteiger partial charge in [-0.05, 0) is 25.5 Å². The molecule has 0 radical (unpaired) electrons. The van der Waals surface area contributed by atoms with Crippen molar-refractivity contribution in [1.29, 1.82) is 0 Å². The van der Waals surface area contributed by atoms with Gasteiger partial charge in [-0.15, -0.1) is 0 Å². The third-order valence-corrected chi connectivity index (χ3v) is 3.21. The van der Waals surface area contributed by atoms with Crippen LogP contribution in [0.4, 0.5) is 0 Å². The molecule has 1 aromatic carbocycles. The number of rotatable bonds is 6. The lowest BCUT2D eigenvalue weighted by molar-refractivity contribution is -0.150. The molecule has 0 heterocycles. The van der Waals surface area contributed by atoms with Crippen LogP contribution in [0.1, 0.15) is 40.9 Å². The topological polar surface area (TPSA) is 124 Å². The molecule has 2 atom stereocenters. The highest BCUT2D eigenvalue weighted by Crippen LogP contribution is 2.40. The minimum absolute atomic E-state index is 0.0522. The molecule has 0 spiro atoms. The van der Waals surface area contributed by atoms with Gasteiger partial charge in [0.2, 0.25) is 0 Å². The average Bonchev–Trinajstić information content (AvgIpc) is 2.39. The van der Waals surface area contributed by atoms with Crippen LogP contribution in [0.3, 0.4) is 0 Å². The van der Waals surface area contributed by atoms with Crippen LogP contribution in [-0.2, 0) is 9.53 Å². The maximum absolute atomic E-state index is 11.4. The molecule has 21 heavy (non-hydrogen) atoms. The summed E-state index contributed by atoms with van der Waals surface area (Å²) in [6, 6.07) is 1.30. The van der Waals surface area contributed by atoms with E-state index in [4.69, 9.17) is 9.84 Å². The van der Waals surface area contributed by atoms with Gasteiger partial charge in [0.25, 0.3) is 0 Å². The van der Waals surface area contributed by atoms with Crippen molar-refractivity contribution < 1.29 is 34.8 Å². The lowest BCUT2D eigenvalue weighted by Gasteiger charge is -2.20. The molecule has 7 heteroatoms. The number of phenols is 2. The molecular weight excluding hydrogens is 280 g/mol. The summed E-state index contributed by atoms with van der Waals surface area (Å²) in [6.07, 6.45) is -3.18. The standard InChI is InChI=1S/C14H18O7/c1-6-4-8(7(2)15)13(18)11(12(6)17)9(16)5-10(21-3)14(19)20/h4,9-10,16-18H,5H2,1-3H3,(H,19,20). The third kappa shape index (κ3) is 3.50. The normalized spacial score (nSPS) is 13.7. The van der Waals surface area contributed by atoms with Crippen LogP contribution in [0, 0.1) is 6.92 Å². The first-order chi connectivity index (χ1) is 9.70. The largest absolute Gasteiger partial charge is 0.507 e. The SMILES string of the molecule is COC(CC(O)c1c(O)c(C)cc(C(C)=O)c1O)C(=O)O. The van der Waals surface area contributed by atoms with Crippen molar-refractivity contribution >= 4 is 11.8 Å². The number of hydrogen-bond donors (Lipinski definition) is 4. The van der Waals surface area contributed by atoms with Crippen molar-refractivity contribution in [1.82, 2.24) is 0 Å².